The first-order valence-electron chi connectivity index (χ1n) is 5.82. The van der Waals surface area contributed by atoms with E-state index in [2.05, 4.69) is 5.43 Å². The summed E-state index contributed by atoms with van der Waals surface area (Å²) in [6, 6.07) is 11.8. The van der Waals surface area contributed by atoms with Crippen LogP contribution in [0, 0.1) is 0 Å². The maximum atomic E-state index is 5.80. The van der Waals surface area contributed by atoms with E-state index in [4.69, 9.17) is 14.7 Å². The molecule has 0 saturated carbocycles. The summed E-state index contributed by atoms with van der Waals surface area (Å²) in [5.41, 5.74) is 4.74. The fraction of sp³-hybridized carbons (Fsp3) is 0.143. The van der Waals surface area contributed by atoms with E-state index in [0.717, 1.165) is 28.7 Å². The Balaban J connectivity index is 1.90. The van der Waals surface area contributed by atoms with Gasteiger partial charge in [0.05, 0.1) is 18.6 Å². The van der Waals surface area contributed by atoms with Gasteiger partial charge in [-0.2, -0.15) is 0 Å². The van der Waals surface area contributed by atoms with Gasteiger partial charge in [-0.3, -0.25) is 5.84 Å². The number of hydrogen-bond acceptors (Lipinski definition) is 4. The number of hydrogen-bond donors (Lipinski definition) is 2. The van der Waals surface area contributed by atoms with Crippen LogP contribution in [0.2, 0.25) is 0 Å². The smallest absolute Gasteiger partial charge is 0.134 e. The predicted molar refractivity (Wildman–Crippen MR) is 68.7 cm³/mol. The summed E-state index contributed by atoms with van der Waals surface area (Å²) in [6.45, 7) is 0. The highest BCUT2D eigenvalue weighted by Gasteiger charge is 2.16. The lowest BCUT2D eigenvalue weighted by atomic mass is 10.1. The number of furan rings is 2. The summed E-state index contributed by atoms with van der Waals surface area (Å²) in [5.74, 6) is 6.44. The third kappa shape index (κ3) is 2.03. The summed E-state index contributed by atoms with van der Waals surface area (Å²) in [6.07, 6.45) is 4.10. The first kappa shape index (κ1) is 11.1. The van der Waals surface area contributed by atoms with Gasteiger partial charge in [-0.05, 0) is 30.2 Å². The lowest BCUT2D eigenvalue weighted by Gasteiger charge is -2.11. The van der Waals surface area contributed by atoms with Crippen LogP contribution in [-0.4, -0.2) is 0 Å². The van der Waals surface area contributed by atoms with Crippen LogP contribution >= 0.6 is 0 Å². The lowest BCUT2D eigenvalue weighted by molar-refractivity contribution is 0.433. The van der Waals surface area contributed by atoms with E-state index in [-0.39, 0.29) is 6.04 Å². The van der Waals surface area contributed by atoms with Gasteiger partial charge in [0.1, 0.15) is 11.3 Å². The predicted octanol–water partition coefficient (Wildman–Crippen LogP) is 2.77. The molecule has 0 fully saturated rings. The molecule has 3 rings (SSSR count). The Morgan fingerprint density at radius 2 is 2.11 bits per heavy atom. The Kier molecular flexibility index (Phi) is 2.88. The molecule has 2 heterocycles. The van der Waals surface area contributed by atoms with Gasteiger partial charge in [0.25, 0.3) is 0 Å². The second-order valence-electron chi connectivity index (χ2n) is 4.24. The molecule has 18 heavy (non-hydrogen) atoms. The van der Waals surface area contributed by atoms with Crippen molar-refractivity contribution in [1.29, 1.82) is 0 Å². The van der Waals surface area contributed by atoms with Crippen LogP contribution in [0.25, 0.3) is 11.0 Å². The van der Waals surface area contributed by atoms with Crippen LogP contribution in [0.5, 0.6) is 0 Å². The molecule has 92 valence electrons. The molecule has 3 aromatic rings. The molecule has 0 aliphatic heterocycles. The molecule has 4 heteroatoms. The number of rotatable bonds is 4. The second-order valence-corrected chi connectivity index (χ2v) is 4.24. The molecule has 0 aliphatic carbocycles. The SMILES string of the molecule is NNC(Cc1ccoc1)c1cc2ccccc2o1. The molecule has 0 amide bonds. The molecule has 1 unspecified atom stereocenters. The number of fused-ring (bicyclic) bond motifs is 1. The topological polar surface area (TPSA) is 64.3 Å². The number of nitrogens with one attached hydrogen (secondary N) is 1. The Bertz CT molecular complexity index is 595. The zero-order valence-corrected chi connectivity index (χ0v) is 9.80. The van der Waals surface area contributed by atoms with E-state index >= 15 is 0 Å². The van der Waals surface area contributed by atoms with Gasteiger partial charge in [0.2, 0.25) is 0 Å². The van der Waals surface area contributed by atoms with Crippen molar-refractivity contribution in [3.8, 4) is 0 Å². The average Bonchev–Trinajstić information content (AvgIpc) is 3.04. The van der Waals surface area contributed by atoms with Crippen molar-refractivity contribution in [2.24, 2.45) is 5.84 Å². The molecule has 0 bridgehead atoms. The van der Waals surface area contributed by atoms with Crippen LogP contribution < -0.4 is 11.3 Å². The Morgan fingerprint density at radius 1 is 1.22 bits per heavy atom. The molecular weight excluding hydrogens is 228 g/mol. The third-order valence-electron chi connectivity index (χ3n) is 3.01. The highest BCUT2D eigenvalue weighted by molar-refractivity contribution is 5.77. The Morgan fingerprint density at radius 3 is 2.83 bits per heavy atom. The highest BCUT2D eigenvalue weighted by atomic mass is 16.3. The van der Waals surface area contributed by atoms with Crippen molar-refractivity contribution in [3.63, 3.8) is 0 Å². The van der Waals surface area contributed by atoms with Crippen molar-refractivity contribution < 1.29 is 8.83 Å². The van der Waals surface area contributed by atoms with E-state index < -0.39 is 0 Å². The molecule has 4 nitrogen and oxygen atoms in total. The highest BCUT2D eigenvalue weighted by Crippen LogP contribution is 2.25. The molecule has 0 radical (unpaired) electrons. The fourth-order valence-corrected chi connectivity index (χ4v) is 2.06. The number of hydrazine groups is 1. The quantitative estimate of drug-likeness (QED) is 0.545. The van der Waals surface area contributed by atoms with E-state index in [1.54, 1.807) is 12.5 Å². The molecule has 1 aromatic carbocycles. The second kappa shape index (κ2) is 4.68. The standard InChI is InChI=1S/C14H14N2O2/c15-16-12(7-10-5-6-17-9-10)14-8-11-3-1-2-4-13(11)18-14/h1-6,8-9,12,16H,7,15H2. The van der Waals surface area contributed by atoms with Gasteiger partial charge >= 0.3 is 0 Å². The zero-order valence-electron chi connectivity index (χ0n) is 9.80. The molecule has 0 spiro atoms. The Labute approximate surface area is 104 Å². The van der Waals surface area contributed by atoms with E-state index in [1.165, 1.54) is 0 Å². The molecule has 0 aliphatic rings. The fourth-order valence-electron chi connectivity index (χ4n) is 2.06. The number of benzene rings is 1. The minimum atomic E-state index is -0.0602. The zero-order chi connectivity index (χ0) is 12.4. The summed E-state index contributed by atoms with van der Waals surface area (Å²) in [4.78, 5) is 0. The van der Waals surface area contributed by atoms with Gasteiger partial charge < -0.3 is 8.83 Å². The van der Waals surface area contributed by atoms with Gasteiger partial charge in [-0.25, -0.2) is 5.43 Å². The van der Waals surface area contributed by atoms with Gasteiger partial charge in [-0.15, -0.1) is 0 Å². The normalized spacial score (nSPS) is 12.9. The van der Waals surface area contributed by atoms with E-state index in [9.17, 15) is 0 Å². The van der Waals surface area contributed by atoms with Gasteiger partial charge in [-0.1, -0.05) is 18.2 Å². The van der Waals surface area contributed by atoms with Crippen LogP contribution in [-0.2, 0) is 6.42 Å². The molecule has 3 N–H and O–H groups in total. The maximum Gasteiger partial charge on any atom is 0.134 e. The van der Waals surface area contributed by atoms with Gasteiger partial charge in [0, 0.05) is 5.39 Å². The van der Waals surface area contributed by atoms with Crippen LogP contribution in [0.1, 0.15) is 17.4 Å². The van der Waals surface area contributed by atoms with Crippen molar-refractivity contribution in [2.45, 2.75) is 12.5 Å². The number of nitrogens with two attached hydrogens (primary N) is 1. The summed E-state index contributed by atoms with van der Waals surface area (Å²) >= 11 is 0. The van der Waals surface area contributed by atoms with E-state index in [1.807, 2.05) is 36.4 Å². The summed E-state index contributed by atoms with van der Waals surface area (Å²) in [5, 5.41) is 1.08. The Hall–Kier alpha value is -2.04. The minimum Gasteiger partial charge on any atom is -0.472 e. The average molecular weight is 242 g/mol. The third-order valence-corrected chi connectivity index (χ3v) is 3.01. The van der Waals surface area contributed by atoms with E-state index in [0.29, 0.717) is 0 Å². The summed E-state index contributed by atoms with van der Waals surface area (Å²) in [7, 11) is 0. The maximum absolute atomic E-state index is 5.80. The molecular formula is C14H14N2O2. The van der Waals surface area contributed by atoms with Gasteiger partial charge in [0.15, 0.2) is 0 Å². The first-order valence-corrected chi connectivity index (χ1v) is 5.82. The van der Waals surface area contributed by atoms with Crippen molar-refractivity contribution in [1.82, 2.24) is 5.43 Å². The van der Waals surface area contributed by atoms with Crippen LogP contribution in [0.15, 0.2) is 57.8 Å². The van der Waals surface area contributed by atoms with Crippen molar-refractivity contribution in [3.05, 3.63) is 60.2 Å². The largest absolute Gasteiger partial charge is 0.472 e. The number of para-hydroxylation sites is 1. The van der Waals surface area contributed by atoms with Crippen LogP contribution in [0.3, 0.4) is 0 Å². The molecule has 0 saturated heterocycles. The lowest BCUT2D eigenvalue weighted by Crippen LogP contribution is -2.29. The molecule has 2 aromatic heterocycles. The minimum absolute atomic E-state index is 0.0602. The molecule has 1 atom stereocenters. The van der Waals surface area contributed by atoms with Crippen molar-refractivity contribution >= 4 is 11.0 Å². The summed E-state index contributed by atoms with van der Waals surface area (Å²) < 4.78 is 10.9. The van der Waals surface area contributed by atoms with Crippen LogP contribution in [0.4, 0.5) is 0 Å². The van der Waals surface area contributed by atoms with Crippen molar-refractivity contribution in [2.75, 3.05) is 0 Å². The monoisotopic (exact) mass is 242 g/mol. The first-order chi connectivity index (χ1) is 8.86.